The van der Waals surface area contributed by atoms with Gasteiger partial charge in [-0.15, -0.1) is 0 Å². The van der Waals surface area contributed by atoms with Crippen LogP contribution in [0.15, 0.2) is 48.5 Å². The number of ether oxygens (including phenoxy) is 1. The third kappa shape index (κ3) is 5.05. The molecule has 0 spiro atoms. The molecule has 164 valence electrons. The molecule has 0 aliphatic heterocycles. The molecule has 0 amide bonds. The number of anilines is 1. The van der Waals surface area contributed by atoms with Crippen molar-refractivity contribution in [1.29, 1.82) is 5.41 Å². The Morgan fingerprint density at radius 2 is 1.94 bits per heavy atom. The Balaban J connectivity index is 2.07. The van der Waals surface area contributed by atoms with Gasteiger partial charge in [0, 0.05) is 29.7 Å². The summed E-state index contributed by atoms with van der Waals surface area (Å²) < 4.78 is 6.19. The second kappa shape index (κ2) is 9.92. The lowest BCUT2D eigenvalue weighted by Crippen LogP contribution is -2.41. The monoisotopic (exact) mass is 419 g/mol. The van der Waals surface area contributed by atoms with Gasteiger partial charge in [-0.3, -0.25) is 4.79 Å². The van der Waals surface area contributed by atoms with Gasteiger partial charge in [0.15, 0.2) is 0 Å². The molecule has 31 heavy (non-hydrogen) atoms. The van der Waals surface area contributed by atoms with E-state index in [0.29, 0.717) is 6.61 Å². The smallest absolute Gasteiger partial charge is 0.140 e. The van der Waals surface area contributed by atoms with Crippen LogP contribution < -0.4 is 10.1 Å². The number of benzene rings is 2. The lowest BCUT2D eigenvalue weighted by atomic mass is 9.61. The molecule has 0 atom stereocenters. The molecule has 2 aromatic rings. The highest BCUT2D eigenvalue weighted by Gasteiger charge is 2.44. The highest BCUT2D eigenvalue weighted by Crippen LogP contribution is 2.48. The van der Waals surface area contributed by atoms with E-state index in [1.807, 2.05) is 50.5 Å². The van der Waals surface area contributed by atoms with Gasteiger partial charge in [0.2, 0.25) is 0 Å². The summed E-state index contributed by atoms with van der Waals surface area (Å²) in [4.78, 5) is 14.8. The predicted molar refractivity (Wildman–Crippen MR) is 128 cm³/mol. The van der Waals surface area contributed by atoms with Crippen LogP contribution in [0, 0.1) is 12.3 Å². The standard InChI is InChI=1S/C26H33N3O2/c1-19-23(26(20(2)30)12-8-13-26)17-21(18-25(19)31-16-15-29(3)4)24(11-14-27)28-22-9-6-5-7-10-22/h5-7,9-11,14,17-18,27-28H,8,12-13,15-16H2,1-4H3/b24-11-,27-14?. The van der Waals surface area contributed by atoms with Gasteiger partial charge in [0.1, 0.15) is 18.1 Å². The van der Waals surface area contributed by atoms with E-state index < -0.39 is 5.41 Å². The number of carbonyl (C=O) groups excluding carboxylic acids is 1. The minimum Gasteiger partial charge on any atom is -0.492 e. The maximum atomic E-state index is 12.7. The molecular formula is C26H33N3O2. The van der Waals surface area contributed by atoms with E-state index in [0.717, 1.165) is 59.6 Å². The number of hydrogen-bond donors (Lipinski definition) is 2. The second-order valence-corrected chi connectivity index (χ2v) is 8.53. The van der Waals surface area contributed by atoms with E-state index in [4.69, 9.17) is 10.1 Å². The van der Waals surface area contributed by atoms with E-state index in [1.54, 1.807) is 13.0 Å². The Bertz CT molecular complexity index is 960. The molecule has 1 aliphatic carbocycles. The molecule has 0 heterocycles. The number of ketones is 1. The maximum Gasteiger partial charge on any atom is 0.140 e. The Morgan fingerprint density at radius 3 is 2.48 bits per heavy atom. The van der Waals surface area contributed by atoms with Crippen molar-refractivity contribution in [3.8, 4) is 5.75 Å². The number of rotatable bonds is 10. The quantitative estimate of drug-likeness (QED) is 0.529. The van der Waals surface area contributed by atoms with Crippen LogP contribution in [-0.2, 0) is 10.2 Å². The van der Waals surface area contributed by atoms with Crippen molar-refractivity contribution in [3.05, 3.63) is 65.2 Å². The summed E-state index contributed by atoms with van der Waals surface area (Å²) in [6.07, 6.45) is 5.83. The molecule has 0 radical (unpaired) electrons. The van der Waals surface area contributed by atoms with E-state index in [1.165, 1.54) is 6.21 Å². The topological polar surface area (TPSA) is 65.4 Å². The van der Waals surface area contributed by atoms with E-state index >= 15 is 0 Å². The van der Waals surface area contributed by atoms with Crippen molar-refractivity contribution in [2.75, 3.05) is 32.6 Å². The summed E-state index contributed by atoms with van der Waals surface area (Å²) in [6.45, 7) is 5.13. The van der Waals surface area contributed by atoms with Gasteiger partial charge in [-0.05, 0) is 82.3 Å². The molecule has 2 aromatic carbocycles. The van der Waals surface area contributed by atoms with Crippen LogP contribution in [0.2, 0.25) is 0 Å². The molecular weight excluding hydrogens is 386 g/mol. The summed E-state index contributed by atoms with van der Waals surface area (Å²) in [5.74, 6) is 1.01. The van der Waals surface area contributed by atoms with E-state index in [9.17, 15) is 4.79 Å². The fourth-order valence-corrected chi connectivity index (χ4v) is 4.14. The highest BCUT2D eigenvalue weighted by atomic mass is 16.5. The number of allylic oxidation sites excluding steroid dienone is 1. The number of para-hydroxylation sites is 1. The largest absolute Gasteiger partial charge is 0.492 e. The van der Waals surface area contributed by atoms with E-state index in [-0.39, 0.29) is 5.78 Å². The molecule has 1 saturated carbocycles. The van der Waals surface area contributed by atoms with Crippen LogP contribution in [0.25, 0.3) is 5.70 Å². The van der Waals surface area contributed by atoms with Gasteiger partial charge < -0.3 is 20.4 Å². The van der Waals surface area contributed by atoms with Crippen LogP contribution in [0.1, 0.15) is 42.9 Å². The maximum absolute atomic E-state index is 12.7. The average molecular weight is 420 g/mol. The summed E-state index contributed by atoms with van der Waals surface area (Å²) in [6, 6.07) is 14.0. The number of hydrogen-bond acceptors (Lipinski definition) is 5. The fraction of sp³-hybridized carbons (Fsp3) is 0.385. The first-order chi connectivity index (χ1) is 14.9. The molecule has 0 aromatic heterocycles. The number of Topliss-reactive ketones (excluding diaryl/α,β-unsaturated/α-hetero) is 1. The molecule has 3 rings (SSSR count). The molecule has 2 N–H and O–H groups in total. The van der Waals surface area contributed by atoms with Crippen molar-refractivity contribution in [3.63, 3.8) is 0 Å². The first-order valence-electron chi connectivity index (χ1n) is 10.8. The normalized spacial score (nSPS) is 15.3. The number of likely N-dealkylation sites (N-methyl/N-ethyl adjacent to an activating group) is 1. The van der Waals surface area contributed by atoms with Crippen molar-refractivity contribution < 1.29 is 9.53 Å². The van der Waals surface area contributed by atoms with E-state index in [2.05, 4.69) is 23.2 Å². The SMILES string of the molecule is CC(=O)C1(c2cc(/C(=C/C=N)Nc3ccccc3)cc(OCCN(C)C)c2C)CCC1. The first kappa shape index (κ1) is 22.8. The van der Waals surface area contributed by atoms with Crippen LogP contribution >= 0.6 is 0 Å². The highest BCUT2D eigenvalue weighted by molar-refractivity contribution is 5.92. The van der Waals surface area contributed by atoms with Crippen molar-refractivity contribution in [2.24, 2.45) is 0 Å². The molecule has 1 aliphatic rings. The third-order valence-corrected chi connectivity index (χ3v) is 6.17. The number of nitrogens with one attached hydrogen (secondary N) is 2. The van der Waals surface area contributed by atoms with Crippen LogP contribution in [0.5, 0.6) is 5.75 Å². The molecule has 0 unspecified atom stereocenters. The predicted octanol–water partition coefficient (Wildman–Crippen LogP) is 5.05. The summed E-state index contributed by atoms with van der Waals surface area (Å²) in [5.41, 5.74) is 4.32. The van der Waals surface area contributed by atoms with Crippen LogP contribution in [0.4, 0.5) is 5.69 Å². The lowest BCUT2D eigenvalue weighted by molar-refractivity contribution is -0.125. The minimum atomic E-state index is -0.428. The molecule has 1 fully saturated rings. The van der Waals surface area contributed by atoms with Crippen molar-refractivity contribution in [1.82, 2.24) is 4.90 Å². The third-order valence-electron chi connectivity index (χ3n) is 6.17. The van der Waals surface area contributed by atoms with Gasteiger partial charge in [-0.2, -0.15) is 0 Å². The Kier molecular flexibility index (Phi) is 7.29. The zero-order valence-electron chi connectivity index (χ0n) is 19.0. The van der Waals surface area contributed by atoms with Crippen molar-refractivity contribution in [2.45, 2.75) is 38.5 Å². The second-order valence-electron chi connectivity index (χ2n) is 8.53. The van der Waals surface area contributed by atoms with Gasteiger partial charge in [-0.1, -0.05) is 24.6 Å². The Morgan fingerprint density at radius 1 is 1.23 bits per heavy atom. The van der Waals surface area contributed by atoms with Gasteiger partial charge in [-0.25, -0.2) is 0 Å². The first-order valence-corrected chi connectivity index (χ1v) is 10.8. The minimum absolute atomic E-state index is 0.215. The molecule has 5 nitrogen and oxygen atoms in total. The van der Waals surface area contributed by atoms with Crippen LogP contribution in [-0.4, -0.2) is 44.1 Å². The molecule has 5 heteroatoms. The average Bonchev–Trinajstić information content (AvgIpc) is 2.69. The molecule has 0 saturated heterocycles. The zero-order valence-corrected chi connectivity index (χ0v) is 19.0. The van der Waals surface area contributed by atoms with Crippen LogP contribution in [0.3, 0.4) is 0 Å². The number of carbonyl (C=O) groups is 1. The van der Waals surface area contributed by atoms with Gasteiger partial charge >= 0.3 is 0 Å². The zero-order chi connectivity index (χ0) is 22.4. The van der Waals surface area contributed by atoms with Gasteiger partial charge in [0.25, 0.3) is 0 Å². The Hall–Kier alpha value is -2.92. The Labute approximate surface area is 185 Å². The summed E-state index contributed by atoms with van der Waals surface area (Å²) in [7, 11) is 4.04. The number of nitrogens with zero attached hydrogens (tertiary/aromatic N) is 1. The molecule has 0 bridgehead atoms. The fourth-order valence-electron chi connectivity index (χ4n) is 4.14. The summed E-state index contributed by atoms with van der Waals surface area (Å²) >= 11 is 0. The lowest BCUT2D eigenvalue weighted by Gasteiger charge is -2.41. The summed E-state index contributed by atoms with van der Waals surface area (Å²) in [5, 5.41) is 11.1. The van der Waals surface area contributed by atoms with Crippen molar-refractivity contribution >= 4 is 23.4 Å². The van der Waals surface area contributed by atoms with Gasteiger partial charge in [0.05, 0.1) is 5.41 Å².